The first kappa shape index (κ1) is 17.3. The molecule has 0 saturated heterocycles. The Morgan fingerprint density at radius 2 is 1.82 bits per heavy atom. The van der Waals surface area contributed by atoms with Gasteiger partial charge in [-0.3, -0.25) is 9.59 Å². The number of azo groups is 1. The first-order chi connectivity index (χ1) is 10.4. The van der Waals surface area contributed by atoms with E-state index in [1.54, 1.807) is 13.8 Å². The Balaban J connectivity index is 3.26. The Hall–Kier alpha value is -2.71. The number of hydrogen-bond acceptors (Lipinski definition) is 7. The molecular formula is C13H17N3O6. The summed E-state index contributed by atoms with van der Waals surface area (Å²) in [5, 5.41) is 16.7. The summed E-state index contributed by atoms with van der Waals surface area (Å²) in [7, 11) is 0. The van der Waals surface area contributed by atoms with Crippen molar-refractivity contribution < 1.29 is 29.0 Å². The van der Waals surface area contributed by atoms with E-state index in [4.69, 9.17) is 9.47 Å². The fourth-order valence-electron chi connectivity index (χ4n) is 1.66. The summed E-state index contributed by atoms with van der Waals surface area (Å²) in [6, 6.07) is 0. The molecule has 0 radical (unpaired) electrons. The zero-order valence-electron chi connectivity index (χ0n) is 12.5. The number of nitrogens with zero attached hydrogens (tertiary/aromatic N) is 2. The lowest BCUT2D eigenvalue weighted by molar-refractivity contribution is -0.142. The average molecular weight is 311 g/mol. The Morgan fingerprint density at radius 1 is 1.18 bits per heavy atom. The van der Waals surface area contributed by atoms with Gasteiger partial charge in [0.15, 0.2) is 11.7 Å². The van der Waals surface area contributed by atoms with Crippen LogP contribution in [0.2, 0.25) is 0 Å². The Morgan fingerprint density at radius 3 is 2.36 bits per heavy atom. The molecule has 1 heterocycles. The maximum atomic E-state index is 12.0. The van der Waals surface area contributed by atoms with Crippen molar-refractivity contribution in [3.8, 4) is 5.88 Å². The lowest BCUT2D eigenvalue weighted by Crippen LogP contribution is -2.12. The second-order valence-corrected chi connectivity index (χ2v) is 4.10. The molecule has 0 fully saturated rings. The highest BCUT2D eigenvalue weighted by atomic mass is 16.5. The van der Waals surface area contributed by atoms with Gasteiger partial charge in [0.1, 0.15) is 5.56 Å². The number of carbonyl (C=O) groups is 3. The van der Waals surface area contributed by atoms with E-state index in [1.807, 2.05) is 0 Å². The van der Waals surface area contributed by atoms with Gasteiger partial charge in [0.05, 0.1) is 19.6 Å². The van der Waals surface area contributed by atoms with Gasteiger partial charge in [-0.15, -0.1) is 10.2 Å². The van der Waals surface area contributed by atoms with Gasteiger partial charge in [0.2, 0.25) is 0 Å². The predicted molar refractivity (Wildman–Crippen MR) is 73.9 cm³/mol. The van der Waals surface area contributed by atoms with Crippen molar-refractivity contribution in [2.75, 3.05) is 13.2 Å². The highest BCUT2D eigenvalue weighted by Crippen LogP contribution is 2.32. The van der Waals surface area contributed by atoms with Crippen molar-refractivity contribution in [3.63, 3.8) is 0 Å². The van der Waals surface area contributed by atoms with Crippen LogP contribution in [0.15, 0.2) is 10.2 Å². The molecule has 1 amide bonds. The summed E-state index contributed by atoms with van der Waals surface area (Å²) in [4.78, 5) is 36.8. The van der Waals surface area contributed by atoms with Crippen LogP contribution in [0.3, 0.4) is 0 Å². The Bertz CT molecular complexity index is 605. The second kappa shape index (κ2) is 7.91. The van der Waals surface area contributed by atoms with Gasteiger partial charge in [-0.25, -0.2) is 4.79 Å². The third kappa shape index (κ3) is 4.40. The van der Waals surface area contributed by atoms with Crippen LogP contribution in [0.5, 0.6) is 5.88 Å². The predicted octanol–water partition coefficient (Wildman–Crippen LogP) is 1.63. The molecule has 0 aliphatic carbocycles. The number of esters is 2. The first-order valence-electron chi connectivity index (χ1n) is 6.59. The zero-order chi connectivity index (χ0) is 16.7. The molecule has 22 heavy (non-hydrogen) atoms. The molecule has 1 aromatic rings. The molecule has 0 aliphatic rings. The van der Waals surface area contributed by atoms with Crippen molar-refractivity contribution >= 4 is 23.7 Å². The van der Waals surface area contributed by atoms with Crippen LogP contribution in [-0.4, -0.2) is 41.2 Å². The maximum absolute atomic E-state index is 12.0. The second-order valence-electron chi connectivity index (χ2n) is 4.10. The Labute approximate surface area is 126 Å². The molecular weight excluding hydrogens is 294 g/mol. The lowest BCUT2D eigenvalue weighted by Gasteiger charge is -2.05. The number of hydrogen-bond donors (Lipinski definition) is 2. The van der Waals surface area contributed by atoms with E-state index in [9.17, 15) is 19.5 Å². The van der Waals surface area contributed by atoms with Crippen molar-refractivity contribution in [1.29, 1.82) is 0 Å². The third-order valence-electron chi connectivity index (χ3n) is 2.46. The van der Waals surface area contributed by atoms with Crippen molar-refractivity contribution in [1.82, 2.24) is 4.98 Å². The monoisotopic (exact) mass is 311 g/mol. The van der Waals surface area contributed by atoms with Gasteiger partial charge >= 0.3 is 11.9 Å². The van der Waals surface area contributed by atoms with Crippen LogP contribution in [-0.2, 0) is 25.5 Å². The summed E-state index contributed by atoms with van der Waals surface area (Å²) < 4.78 is 9.64. The number of rotatable bonds is 6. The van der Waals surface area contributed by atoms with E-state index in [1.165, 1.54) is 6.92 Å². The van der Waals surface area contributed by atoms with Gasteiger partial charge in [-0.1, -0.05) is 0 Å². The van der Waals surface area contributed by atoms with E-state index >= 15 is 0 Å². The number of amides is 1. The van der Waals surface area contributed by atoms with Crippen LogP contribution in [0.4, 0.5) is 5.82 Å². The average Bonchev–Trinajstić information content (AvgIpc) is 2.73. The van der Waals surface area contributed by atoms with E-state index in [-0.39, 0.29) is 36.6 Å². The number of H-pyrrole nitrogens is 1. The minimum Gasteiger partial charge on any atom is -0.494 e. The number of carbonyl (C=O) groups excluding carboxylic acids is 3. The van der Waals surface area contributed by atoms with E-state index < -0.39 is 23.7 Å². The van der Waals surface area contributed by atoms with Gasteiger partial charge < -0.3 is 19.6 Å². The summed E-state index contributed by atoms with van der Waals surface area (Å²) in [5.41, 5.74) is -0.174. The van der Waals surface area contributed by atoms with Crippen LogP contribution >= 0.6 is 0 Å². The van der Waals surface area contributed by atoms with Gasteiger partial charge in [-0.05, 0) is 13.8 Å². The van der Waals surface area contributed by atoms with Crippen LogP contribution in [0.25, 0.3) is 0 Å². The lowest BCUT2D eigenvalue weighted by atomic mass is 10.1. The standard InChI is InChI=1S/C13H17N3O6/c1-4-21-9(18)6-8-10(13(20)22-5-2)11(14-12(8)19)16-15-7(3)17/h14,19H,4-6H2,1-3H3. The van der Waals surface area contributed by atoms with E-state index in [2.05, 4.69) is 15.2 Å². The Kier molecular flexibility index (Phi) is 6.24. The van der Waals surface area contributed by atoms with Gasteiger partial charge in [0, 0.05) is 12.5 Å². The quantitative estimate of drug-likeness (QED) is 0.606. The van der Waals surface area contributed by atoms with E-state index in [0.717, 1.165) is 0 Å². The molecule has 1 aromatic heterocycles. The van der Waals surface area contributed by atoms with Crippen molar-refractivity contribution in [3.05, 3.63) is 11.1 Å². The highest BCUT2D eigenvalue weighted by Gasteiger charge is 2.26. The molecule has 9 nitrogen and oxygen atoms in total. The molecule has 1 rings (SSSR count). The number of ether oxygens (including phenoxy) is 2. The third-order valence-corrected chi connectivity index (χ3v) is 2.46. The molecule has 0 unspecified atom stereocenters. The van der Waals surface area contributed by atoms with E-state index in [0.29, 0.717) is 0 Å². The van der Waals surface area contributed by atoms with Gasteiger partial charge in [-0.2, -0.15) is 0 Å². The smallest absolute Gasteiger partial charge is 0.342 e. The minimum atomic E-state index is -0.796. The number of aromatic hydroxyl groups is 1. The summed E-state index contributed by atoms with van der Waals surface area (Å²) in [6.07, 6.45) is -0.347. The zero-order valence-corrected chi connectivity index (χ0v) is 12.5. The molecule has 0 atom stereocenters. The molecule has 0 aromatic carbocycles. The molecule has 0 aliphatic heterocycles. The molecule has 0 bridgehead atoms. The molecule has 9 heteroatoms. The normalized spacial score (nSPS) is 10.7. The molecule has 0 spiro atoms. The fraction of sp³-hybridized carbons (Fsp3) is 0.462. The van der Waals surface area contributed by atoms with Crippen LogP contribution < -0.4 is 0 Å². The summed E-state index contributed by atoms with van der Waals surface area (Å²) in [5.74, 6) is -2.61. The molecule has 2 N–H and O–H groups in total. The van der Waals surface area contributed by atoms with Crippen molar-refractivity contribution in [2.24, 2.45) is 10.2 Å². The van der Waals surface area contributed by atoms with Crippen LogP contribution in [0.1, 0.15) is 36.7 Å². The topological polar surface area (TPSA) is 130 Å². The SMILES string of the molecule is CCOC(=O)Cc1c(O)[nH]c(N=NC(C)=O)c1C(=O)OCC. The number of aromatic amines is 1. The largest absolute Gasteiger partial charge is 0.494 e. The fourth-order valence-corrected chi connectivity index (χ4v) is 1.66. The summed E-state index contributed by atoms with van der Waals surface area (Å²) in [6.45, 7) is 4.66. The summed E-state index contributed by atoms with van der Waals surface area (Å²) >= 11 is 0. The first-order valence-corrected chi connectivity index (χ1v) is 6.59. The molecule has 120 valence electrons. The number of aromatic nitrogens is 1. The van der Waals surface area contributed by atoms with Crippen LogP contribution in [0, 0.1) is 0 Å². The molecule has 0 saturated carbocycles. The maximum Gasteiger partial charge on any atom is 0.342 e. The number of nitrogens with one attached hydrogen (secondary N) is 1. The van der Waals surface area contributed by atoms with Crippen molar-refractivity contribution in [2.45, 2.75) is 27.2 Å². The van der Waals surface area contributed by atoms with Gasteiger partial charge in [0.25, 0.3) is 5.91 Å². The highest BCUT2D eigenvalue weighted by molar-refractivity contribution is 5.98. The minimum absolute atomic E-state index is 0.0191.